The van der Waals surface area contributed by atoms with Crippen LogP contribution in [0.3, 0.4) is 0 Å². The van der Waals surface area contributed by atoms with Crippen molar-refractivity contribution < 1.29 is 23.9 Å². The molecule has 2 N–H and O–H groups in total. The summed E-state index contributed by atoms with van der Waals surface area (Å²) in [5, 5.41) is 6.61. The van der Waals surface area contributed by atoms with Gasteiger partial charge in [0.15, 0.2) is 0 Å². The summed E-state index contributed by atoms with van der Waals surface area (Å²) >= 11 is 3.44. The lowest BCUT2D eigenvalue weighted by atomic mass is 9.98. The molecule has 10 heteroatoms. The van der Waals surface area contributed by atoms with E-state index in [0.29, 0.717) is 22.4 Å². The Hall–Kier alpha value is -3.79. The van der Waals surface area contributed by atoms with Crippen LogP contribution >= 0.6 is 15.9 Å². The van der Waals surface area contributed by atoms with Crippen LogP contribution in [0.25, 0.3) is 10.9 Å². The Morgan fingerprint density at radius 2 is 1.79 bits per heavy atom. The molecule has 0 aliphatic carbocycles. The van der Waals surface area contributed by atoms with E-state index in [4.69, 9.17) is 9.47 Å². The molecule has 0 aliphatic heterocycles. The highest BCUT2D eigenvalue weighted by atomic mass is 79.9. The monoisotopic (exact) mass is 526 g/mol. The molecule has 0 unspecified atom stereocenters. The number of hydrogen-bond donors (Lipinski definition) is 2. The van der Waals surface area contributed by atoms with Gasteiger partial charge in [0.2, 0.25) is 12.7 Å². The number of amides is 1. The van der Waals surface area contributed by atoms with Gasteiger partial charge < -0.3 is 20.1 Å². The lowest BCUT2D eigenvalue weighted by Crippen LogP contribution is -2.24. The van der Waals surface area contributed by atoms with Crippen molar-refractivity contribution in [1.82, 2.24) is 9.97 Å². The number of anilines is 3. The normalized spacial score (nSPS) is 11.3. The summed E-state index contributed by atoms with van der Waals surface area (Å²) in [4.78, 5) is 44.2. The Balaban J connectivity index is 1.62. The van der Waals surface area contributed by atoms with Gasteiger partial charge >= 0.3 is 11.9 Å². The number of carbonyl (C=O) groups is 3. The highest BCUT2D eigenvalue weighted by Gasteiger charge is 2.23. The summed E-state index contributed by atoms with van der Waals surface area (Å²) in [6.07, 6.45) is 3.43. The van der Waals surface area contributed by atoms with Crippen LogP contribution in [0.2, 0.25) is 0 Å². The number of halogens is 1. The minimum absolute atomic E-state index is 0.488. The van der Waals surface area contributed by atoms with Gasteiger partial charge in [0, 0.05) is 33.4 Å². The second-order valence-electron chi connectivity index (χ2n) is 8.18. The number of ether oxygens (including phenoxy) is 2. The fourth-order valence-corrected chi connectivity index (χ4v) is 3.07. The highest BCUT2D eigenvalue weighted by molar-refractivity contribution is 9.10. The third-order valence-electron chi connectivity index (χ3n) is 4.36. The molecular formula is C24H23BrN4O5. The molecule has 176 valence electrons. The van der Waals surface area contributed by atoms with Gasteiger partial charge in [-0.05, 0) is 57.2 Å². The molecule has 0 atom stereocenters. The standard InChI is InChI=1S/C24H23BrN4O5/c1-24(2,3)23(32)34-14-33-21(31)10-9-20(30)28-17-7-8-19-18(12-17)22(27-13-26-19)29-16-6-4-5-15(25)11-16/h4-13H,14H2,1-3H3,(H,28,30)(H,26,27,29)/b10-9+. The van der Waals surface area contributed by atoms with Gasteiger partial charge in [-0.2, -0.15) is 0 Å². The van der Waals surface area contributed by atoms with Gasteiger partial charge in [-0.15, -0.1) is 0 Å². The molecule has 0 spiro atoms. The first kappa shape index (κ1) is 24.8. The molecule has 9 nitrogen and oxygen atoms in total. The molecule has 0 radical (unpaired) electrons. The second-order valence-corrected chi connectivity index (χ2v) is 9.09. The molecule has 1 amide bonds. The molecule has 1 heterocycles. The second kappa shape index (κ2) is 10.9. The number of aromatic nitrogens is 2. The third-order valence-corrected chi connectivity index (χ3v) is 4.86. The van der Waals surface area contributed by atoms with Crippen LogP contribution < -0.4 is 10.6 Å². The molecule has 0 saturated heterocycles. The Bertz CT molecular complexity index is 1250. The first-order valence-electron chi connectivity index (χ1n) is 10.2. The van der Waals surface area contributed by atoms with E-state index in [1.807, 2.05) is 24.3 Å². The average Bonchev–Trinajstić information content (AvgIpc) is 2.77. The molecular weight excluding hydrogens is 504 g/mol. The maximum atomic E-state index is 12.2. The number of carbonyl (C=O) groups excluding carboxylic acids is 3. The minimum atomic E-state index is -0.815. The van der Waals surface area contributed by atoms with Crippen molar-refractivity contribution in [3.05, 3.63) is 65.4 Å². The van der Waals surface area contributed by atoms with E-state index in [-0.39, 0.29) is 0 Å². The molecule has 0 aliphatic rings. The van der Waals surface area contributed by atoms with Crippen molar-refractivity contribution in [2.24, 2.45) is 5.41 Å². The highest BCUT2D eigenvalue weighted by Crippen LogP contribution is 2.27. The van der Waals surface area contributed by atoms with Gasteiger partial charge in [0.05, 0.1) is 10.9 Å². The van der Waals surface area contributed by atoms with E-state index in [9.17, 15) is 14.4 Å². The van der Waals surface area contributed by atoms with Crippen LogP contribution in [-0.2, 0) is 23.9 Å². The number of nitrogens with zero attached hydrogens (tertiary/aromatic N) is 2. The molecule has 1 aromatic heterocycles. The fourth-order valence-electron chi connectivity index (χ4n) is 2.67. The Morgan fingerprint density at radius 3 is 2.53 bits per heavy atom. The Morgan fingerprint density at radius 1 is 1.00 bits per heavy atom. The average molecular weight is 527 g/mol. The number of benzene rings is 2. The Labute approximate surface area is 204 Å². The predicted molar refractivity (Wildman–Crippen MR) is 131 cm³/mol. The van der Waals surface area contributed by atoms with Crippen molar-refractivity contribution >= 4 is 61.9 Å². The van der Waals surface area contributed by atoms with Gasteiger partial charge in [0.25, 0.3) is 0 Å². The zero-order chi connectivity index (χ0) is 24.7. The maximum absolute atomic E-state index is 12.2. The van der Waals surface area contributed by atoms with Crippen molar-refractivity contribution in [2.45, 2.75) is 20.8 Å². The van der Waals surface area contributed by atoms with Crippen LogP contribution in [-0.4, -0.2) is 34.6 Å². The molecule has 0 saturated carbocycles. The van der Waals surface area contributed by atoms with E-state index >= 15 is 0 Å². The third kappa shape index (κ3) is 7.11. The zero-order valence-corrected chi connectivity index (χ0v) is 20.4. The maximum Gasteiger partial charge on any atom is 0.333 e. The van der Waals surface area contributed by atoms with Crippen molar-refractivity contribution in [2.75, 3.05) is 17.4 Å². The molecule has 3 aromatic rings. The number of rotatable bonds is 7. The quantitative estimate of drug-likeness (QED) is 0.257. The number of esters is 2. The number of hydrogen-bond acceptors (Lipinski definition) is 8. The zero-order valence-electron chi connectivity index (χ0n) is 18.8. The van der Waals surface area contributed by atoms with E-state index < -0.39 is 30.1 Å². The summed E-state index contributed by atoms with van der Waals surface area (Å²) in [5.74, 6) is -1.29. The summed E-state index contributed by atoms with van der Waals surface area (Å²) in [7, 11) is 0. The van der Waals surface area contributed by atoms with Crippen molar-refractivity contribution in [3.63, 3.8) is 0 Å². The largest absolute Gasteiger partial charge is 0.427 e. The first-order valence-corrected chi connectivity index (χ1v) is 11.0. The molecule has 2 aromatic carbocycles. The van der Waals surface area contributed by atoms with Crippen LogP contribution in [0.5, 0.6) is 0 Å². The van der Waals surface area contributed by atoms with E-state index in [1.165, 1.54) is 6.33 Å². The smallest absolute Gasteiger partial charge is 0.333 e. The van der Waals surface area contributed by atoms with E-state index in [1.54, 1.807) is 39.0 Å². The number of fused-ring (bicyclic) bond motifs is 1. The van der Waals surface area contributed by atoms with Crippen molar-refractivity contribution in [1.29, 1.82) is 0 Å². The lowest BCUT2D eigenvalue weighted by Gasteiger charge is -2.15. The van der Waals surface area contributed by atoms with Crippen LogP contribution in [0.4, 0.5) is 17.2 Å². The molecule has 0 fully saturated rings. The van der Waals surface area contributed by atoms with Crippen LogP contribution in [0, 0.1) is 5.41 Å². The summed E-state index contributed by atoms with van der Waals surface area (Å²) in [6.45, 7) is 4.51. The summed E-state index contributed by atoms with van der Waals surface area (Å²) < 4.78 is 10.5. The Kier molecular flexibility index (Phi) is 7.95. The fraction of sp³-hybridized carbons (Fsp3) is 0.208. The molecule has 34 heavy (non-hydrogen) atoms. The minimum Gasteiger partial charge on any atom is -0.427 e. The van der Waals surface area contributed by atoms with Gasteiger partial charge in [-0.3, -0.25) is 9.59 Å². The molecule has 0 bridgehead atoms. The summed E-state index contributed by atoms with van der Waals surface area (Å²) in [6, 6.07) is 12.8. The van der Waals surface area contributed by atoms with Crippen molar-refractivity contribution in [3.8, 4) is 0 Å². The molecule has 3 rings (SSSR count). The van der Waals surface area contributed by atoms with Crippen LogP contribution in [0.1, 0.15) is 20.8 Å². The van der Waals surface area contributed by atoms with Gasteiger partial charge in [0.1, 0.15) is 12.1 Å². The van der Waals surface area contributed by atoms with E-state index in [2.05, 4.69) is 36.5 Å². The van der Waals surface area contributed by atoms with E-state index in [0.717, 1.165) is 22.3 Å². The van der Waals surface area contributed by atoms with Gasteiger partial charge in [-0.25, -0.2) is 14.8 Å². The number of nitrogens with one attached hydrogen (secondary N) is 2. The first-order chi connectivity index (χ1) is 16.1. The lowest BCUT2D eigenvalue weighted by molar-refractivity contribution is -0.170. The van der Waals surface area contributed by atoms with Crippen LogP contribution in [0.15, 0.2) is 65.4 Å². The SMILES string of the molecule is CC(C)(C)C(=O)OCOC(=O)/C=C/C(=O)Nc1ccc2ncnc(Nc3cccc(Br)c3)c2c1. The summed E-state index contributed by atoms with van der Waals surface area (Å²) in [5.41, 5.74) is 1.30. The topological polar surface area (TPSA) is 120 Å². The predicted octanol–water partition coefficient (Wildman–Crippen LogP) is 4.72. The van der Waals surface area contributed by atoms with Gasteiger partial charge in [-0.1, -0.05) is 22.0 Å².